The van der Waals surface area contributed by atoms with Crippen molar-refractivity contribution >= 4 is 0 Å². The molecule has 0 aliphatic heterocycles. The smallest absolute Gasteiger partial charge is 0.392 e. The SMILES string of the molecule is OCc1ccc(C(F)(F)F)c(-c2cncc(F)c2)c1. The summed E-state index contributed by atoms with van der Waals surface area (Å²) in [5, 5.41) is 8.99. The Hall–Kier alpha value is -1.95. The maximum absolute atomic E-state index is 13.1. The number of aliphatic hydroxyl groups excluding tert-OH is 1. The average Bonchev–Trinajstić information content (AvgIpc) is 2.37. The van der Waals surface area contributed by atoms with Gasteiger partial charge in [0.1, 0.15) is 5.82 Å². The minimum Gasteiger partial charge on any atom is -0.392 e. The van der Waals surface area contributed by atoms with Crippen LogP contribution in [0.3, 0.4) is 0 Å². The topological polar surface area (TPSA) is 33.1 Å². The van der Waals surface area contributed by atoms with Crippen molar-refractivity contribution in [2.24, 2.45) is 0 Å². The van der Waals surface area contributed by atoms with Gasteiger partial charge in [-0.3, -0.25) is 4.98 Å². The molecule has 0 bridgehead atoms. The molecule has 2 rings (SSSR count). The van der Waals surface area contributed by atoms with E-state index in [0.717, 1.165) is 24.5 Å². The Kier molecular flexibility index (Phi) is 3.53. The van der Waals surface area contributed by atoms with Gasteiger partial charge in [0.15, 0.2) is 0 Å². The monoisotopic (exact) mass is 271 g/mol. The molecule has 1 aromatic carbocycles. The van der Waals surface area contributed by atoms with Crippen LogP contribution in [0.25, 0.3) is 11.1 Å². The number of alkyl halides is 3. The van der Waals surface area contributed by atoms with E-state index in [0.29, 0.717) is 5.56 Å². The number of hydrogen-bond donors (Lipinski definition) is 1. The molecule has 0 aliphatic carbocycles. The first-order valence-electron chi connectivity index (χ1n) is 5.33. The van der Waals surface area contributed by atoms with Crippen molar-refractivity contribution in [2.75, 3.05) is 0 Å². The predicted molar refractivity (Wildman–Crippen MR) is 60.6 cm³/mol. The molecule has 0 saturated carbocycles. The van der Waals surface area contributed by atoms with E-state index in [-0.39, 0.29) is 11.1 Å². The lowest BCUT2D eigenvalue weighted by Crippen LogP contribution is -2.08. The number of aliphatic hydroxyl groups is 1. The minimum atomic E-state index is -4.56. The predicted octanol–water partition coefficient (Wildman–Crippen LogP) is 3.40. The molecule has 1 heterocycles. The number of benzene rings is 1. The van der Waals surface area contributed by atoms with Crippen LogP contribution in [-0.4, -0.2) is 10.1 Å². The van der Waals surface area contributed by atoms with E-state index in [9.17, 15) is 17.6 Å². The van der Waals surface area contributed by atoms with Crippen LogP contribution < -0.4 is 0 Å². The van der Waals surface area contributed by atoms with Gasteiger partial charge in [-0.2, -0.15) is 13.2 Å². The summed E-state index contributed by atoms with van der Waals surface area (Å²) in [6.07, 6.45) is -2.50. The second kappa shape index (κ2) is 4.97. The number of nitrogens with zero attached hydrogens (tertiary/aromatic N) is 1. The van der Waals surface area contributed by atoms with Crippen molar-refractivity contribution in [2.45, 2.75) is 12.8 Å². The zero-order valence-electron chi connectivity index (χ0n) is 9.58. The third kappa shape index (κ3) is 2.90. The fourth-order valence-corrected chi connectivity index (χ4v) is 1.73. The maximum Gasteiger partial charge on any atom is 0.417 e. The molecule has 0 atom stereocenters. The van der Waals surface area contributed by atoms with Crippen LogP contribution in [0.4, 0.5) is 17.6 Å². The van der Waals surface area contributed by atoms with E-state index < -0.39 is 24.2 Å². The van der Waals surface area contributed by atoms with Gasteiger partial charge >= 0.3 is 6.18 Å². The number of hydrogen-bond acceptors (Lipinski definition) is 2. The van der Waals surface area contributed by atoms with Crippen LogP contribution in [0.1, 0.15) is 11.1 Å². The normalized spacial score (nSPS) is 11.6. The highest BCUT2D eigenvalue weighted by Gasteiger charge is 2.33. The van der Waals surface area contributed by atoms with E-state index in [2.05, 4.69) is 4.98 Å². The molecule has 0 amide bonds. The van der Waals surface area contributed by atoms with Crippen LogP contribution in [0.2, 0.25) is 0 Å². The summed E-state index contributed by atoms with van der Waals surface area (Å²) < 4.78 is 51.8. The van der Waals surface area contributed by atoms with Crippen LogP contribution in [0.5, 0.6) is 0 Å². The molecule has 1 aromatic heterocycles. The number of aromatic nitrogens is 1. The first-order valence-corrected chi connectivity index (χ1v) is 5.33. The number of rotatable bonds is 2. The van der Waals surface area contributed by atoms with Gasteiger partial charge in [-0.25, -0.2) is 4.39 Å². The Morgan fingerprint density at radius 3 is 2.42 bits per heavy atom. The summed E-state index contributed by atoms with van der Waals surface area (Å²) in [6, 6.07) is 4.20. The van der Waals surface area contributed by atoms with E-state index in [1.54, 1.807) is 0 Å². The molecule has 2 aromatic rings. The fraction of sp³-hybridized carbons (Fsp3) is 0.154. The molecule has 0 saturated heterocycles. The lowest BCUT2D eigenvalue weighted by atomic mass is 9.98. The molecule has 0 spiro atoms. The highest BCUT2D eigenvalue weighted by molar-refractivity contribution is 5.68. The highest BCUT2D eigenvalue weighted by Crippen LogP contribution is 2.37. The molecule has 1 N–H and O–H groups in total. The van der Waals surface area contributed by atoms with Crippen LogP contribution >= 0.6 is 0 Å². The van der Waals surface area contributed by atoms with E-state index >= 15 is 0 Å². The standard InChI is InChI=1S/C13H9F4NO/c14-10-4-9(5-18-6-10)11-3-8(7-19)1-2-12(11)13(15,16)17/h1-6,19H,7H2. The minimum absolute atomic E-state index is 0.0163. The average molecular weight is 271 g/mol. The Labute approximate surface area is 106 Å². The molecule has 0 aliphatic rings. The zero-order valence-corrected chi connectivity index (χ0v) is 9.58. The van der Waals surface area contributed by atoms with Crippen LogP contribution in [0.15, 0.2) is 36.7 Å². The zero-order chi connectivity index (χ0) is 14.0. The summed E-state index contributed by atoms with van der Waals surface area (Å²) >= 11 is 0. The third-order valence-corrected chi connectivity index (χ3v) is 2.59. The highest BCUT2D eigenvalue weighted by atomic mass is 19.4. The molecular formula is C13H9F4NO. The summed E-state index contributed by atoms with van der Waals surface area (Å²) in [7, 11) is 0. The molecule has 0 fully saturated rings. The van der Waals surface area contributed by atoms with Crippen molar-refractivity contribution in [1.29, 1.82) is 0 Å². The summed E-state index contributed by atoms with van der Waals surface area (Å²) in [6.45, 7) is -0.395. The van der Waals surface area contributed by atoms with Crippen molar-refractivity contribution in [3.05, 3.63) is 53.6 Å². The third-order valence-electron chi connectivity index (χ3n) is 2.59. The summed E-state index contributed by atoms with van der Waals surface area (Å²) in [5.41, 5.74) is -0.766. The van der Waals surface area contributed by atoms with Gasteiger partial charge in [0.25, 0.3) is 0 Å². The molecule has 19 heavy (non-hydrogen) atoms. The summed E-state index contributed by atoms with van der Waals surface area (Å²) in [5.74, 6) is -0.722. The van der Waals surface area contributed by atoms with Gasteiger partial charge in [-0.15, -0.1) is 0 Å². The molecule has 0 unspecified atom stereocenters. The van der Waals surface area contributed by atoms with E-state index in [4.69, 9.17) is 5.11 Å². The Balaban J connectivity index is 2.65. The van der Waals surface area contributed by atoms with Crippen molar-refractivity contribution in [1.82, 2.24) is 4.98 Å². The van der Waals surface area contributed by atoms with Crippen LogP contribution in [0, 0.1) is 5.82 Å². The summed E-state index contributed by atoms with van der Waals surface area (Å²) in [4.78, 5) is 3.53. The van der Waals surface area contributed by atoms with Gasteiger partial charge in [0, 0.05) is 11.8 Å². The van der Waals surface area contributed by atoms with Crippen molar-refractivity contribution in [3.8, 4) is 11.1 Å². The molecular weight excluding hydrogens is 262 g/mol. The Morgan fingerprint density at radius 1 is 1.11 bits per heavy atom. The van der Waals surface area contributed by atoms with Gasteiger partial charge in [0.05, 0.1) is 18.4 Å². The maximum atomic E-state index is 13.1. The van der Waals surface area contributed by atoms with Gasteiger partial charge in [-0.1, -0.05) is 6.07 Å². The van der Waals surface area contributed by atoms with E-state index in [1.807, 2.05) is 0 Å². The second-order valence-corrected chi connectivity index (χ2v) is 3.93. The molecule has 100 valence electrons. The molecule has 2 nitrogen and oxygen atoms in total. The van der Waals surface area contributed by atoms with Gasteiger partial charge < -0.3 is 5.11 Å². The second-order valence-electron chi connectivity index (χ2n) is 3.93. The quantitative estimate of drug-likeness (QED) is 0.849. The largest absolute Gasteiger partial charge is 0.417 e. The lowest BCUT2D eigenvalue weighted by molar-refractivity contribution is -0.137. The number of halogens is 4. The Morgan fingerprint density at radius 2 is 1.84 bits per heavy atom. The van der Waals surface area contributed by atoms with Crippen molar-refractivity contribution < 1.29 is 22.7 Å². The van der Waals surface area contributed by atoms with Gasteiger partial charge in [0.2, 0.25) is 0 Å². The fourth-order valence-electron chi connectivity index (χ4n) is 1.73. The first kappa shape index (κ1) is 13.5. The number of pyridine rings is 1. The lowest BCUT2D eigenvalue weighted by Gasteiger charge is -2.14. The molecule has 6 heteroatoms. The van der Waals surface area contributed by atoms with Gasteiger partial charge in [-0.05, 0) is 29.3 Å². The Bertz CT molecular complexity index is 595. The first-order chi connectivity index (χ1) is 8.91. The molecule has 0 radical (unpaired) electrons. The van der Waals surface area contributed by atoms with E-state index in [1.165, 1.54) is 12.1 Å². The van der Waals surface area contributed by atoms with Crippen LogP contribution in [-0.2, 0) is 12.8 Å². The van der Waals surface area contributed by atoms with Crippen molar-refractivity contribution in [3.63, 3.8) is 0 Å².